The van der Waals surface area contributed by atoms with Gasteiger partial charge in [0.1, 0.15) is 4.87 Å². The summed E-state index contributed by atoms with van der Waals surface area (Å²) in [6, 6.07) is 0. The number of fused-ring (bicyclic) bond motifs is 4. The zero-order valence-electron chi connectivity index (χ0n) is 7.93. The number of alkyl halides is 4. The van der Waals surface area contributed by atoms with E-state index in [9.17, 15) is 0 Å². The zero-order valence-corrected chi connectivity index (χ0v) is 13.2. The van der Waals surface area contributed by atoms with Gasteiger partial charge in [0.05, 0.1) is 20.5 Å². The van der Waals surface area contributed by atoms with Gasteiger partial charge in [-0.15, -0.1) is 23.2 Å². The van der Waals surface area contributed by atoms with Crippen molar-refractivity contribution >= 4 is 81.2 Å². The number of rotatable bonds is 0. The Labute approximate surface area is 133 Å². The Hall–Kier alpha value is 1.25. The highest BCUT2D eigenvalue weighted by molar-refractivity contribution is 6.60. The van der Waals surface area contributed by atoms with Crippen LogP contribution in [0.3, 0.4) is 0 Å². The molecule has 3 aliphatic carbocycles. The molecule has 2 bridgehead atoms. The summed E-state index contributed by atoms with van der Waals surface area (Å²) in [5.74, 6) is 0. The molecule has 1 fully saturated rings. The molecule has 0 aromatic heterocycles. The summed E-state index contributed by atoms with van der Waals surface area (Å²) in [5, 5.41) is 0.364. The van der Waals surface area contributed by atoms with E-state index in [-0.39, 0.29) is 5.03 Å². The van der Waals surface area contributed by atoms with Gasteiger partial charge < -0.3 is 0 Å². The second-order valence-electron chi connectivity index (χ2n) is 4.18. The summed E-state index contributed by atoms with van der Waals surface area (Å²) < 4.78 is -1.32. The highest BCUT2D eigenvalue weighted by atomic mass is 35.5. The predicted molar refractivity (Wildman–Crippen MR) is 75.9 cm³/mol. The molecule has 3 aliphatic rings. The first-order valence-corrected chi connectivity index (χ1v) is 7.34. The monoisotopic (exact) mass is 368 g/mol. The molecule has 0 amide bonds. The highest BCUT2D eigenvalue weighted by Gasteiger charge is 2.68. The largest absolute Gasteiger partial charge is 0.161 e. The number of halogens is 7. The average Bonchev–Trinajstić information content (AvgIpc) is 2.75. The molecule has 7 heteroatoms. The number of hydrogen-bond acceptors (Lipinski definition) is 0. The molecular formula is C10H3Cl7. The van der Waals surface area contributed by atoms with Crippen LogP contribution in [0.15, 0.2) is 31.8 Å². The third kappa shape index (κ3) is 1.31. The fourth-order valence-electron chi connectivity index (χ4n) is 2.57. The van der Waals surface area contributed by atoms with Crippen molar-refractivity contribution in [2.75, 3.05) is 0 Å². The van der Waals surface area contributed by atoms with Crippen molar-refractivity contribution in [2.45, 2.75) is 21.0 Å². The fourth-order valence-corrected chi connectivity index (χ4v) is 4.97. The maximum absolute atomic E-state index is 6.53. The van der Waals surface area contributed by atoms with Crippen molar-refractivity contribution in [3.05, 3.63) is 31.8 Å². The Morgan fingerprint density at radius 3 is 2.12 bits per heavy atom. The first-order chi connectivity index (χ1) is 7.73. The summed E-state index contributed by atoms with van der Waals surface area (Å²) in [4.78, 5) is -1.05. The van der Waals surface area contributed by atoms with Gasteiger partial charge >= 0.3 is 0 Å². The van der Waals surface area contributed by atoms with Crippen molar-refractivity contribution in [3.8, 4) is 0 Å². The van der Waals surface area contributed by atoms with E-state index < -0.39 is 14.6 Å². The highest BCUT2D eigenvalue weighted by Crippen LogP contribution is 2.70. The van der Waals surface area contributed by atoms with E-state index in [4.69, 9.17) is 81.2 Å². The standard InChI is InChI=1S/C10H3Cl7/c11-5-3-2-1-9(15,10(16,17)8(2)14)4(3)6(12)7(5)13/h8H,1H2. The summed E-state index contributed by atoms with van der Waals surface area (Å²) in [7, 11) is 0. The van der Waals surface area contributed by atoms with Crippen LogP contribution in [-0.2, 0) is 0 Å². The molecule has 0 saturated heterocycles. The molecule has 17 heavy (non-hydrogen) atoms. The van der Waals surface area contributed by atoms with Gasteiger partial charge in [-0.1, -0.05) is 58.0 Å². The van der Waals surface area contributed by atoms with Gasteiger partial charge in [-0.05, 0) is 12.0 Å². The quantitative estimate of drug-likeness (QED) is 0.483. The SMILES string of the molecule is ClC1=C(Cl)C2=C3CC(Cl)(C2=C1Cl)C(Cl)(Cl)C3Cl. The topological polar surface area (TPSA) is 0 Å². The van der Waals surface area contributed by atoms with Crippen LogP contribution in [0.25, 0.3) is 0 Å². The Morgan fingerprint density at radius 2 is 1.53 bits per heavy atom. The van der Waals surface area contributed by atoms with E-state index in [1.807, 2.05) is 0 Å². The van der Waals surface area contributed by atoms with Gasteiger partial charge in [-0.3, -0.25) is 0 Å². The van der Waals surface area contributed by atoms with Crippen LogP contribution in [0.5, 0.6) is 0 Å². The van der Waals surface area contributed by atoms with Gasteiger partial charge in [0.2, 0.25) is 0 Å². The summed E-state index contributed by atoms with van der Waals surface area (Å²) in [5.41, 5.74) is 2.13. The average molecular weight is 371 g/mol. The molecule has 0 aromatic rings. The lowest BCUT2D eigenvalue weighted by Gasteiger charge is -2.36. The molecule has 2 unspecified atom stereocenters. The first kappa shape index (κ1) is 13.2. The van der Waals surface area contributed by atoms with Crippen LogP contribution in [0, 0.1) is 0 Å². The second kappa shape index (κ2) is 3.67. The molecule has 0 aromatic carbocycles. The van der Waals surface area contributed by atoms with Gasteiger partial charge in [0, 0.05) is 11.1 Å². The third-order valence-electron chi connectivity index (χ3n) is 3.38. The fraction of sp³-hybridized carbons (Fsp3) is 0.400. The lowest BCUT2D eigenvalue weighted by molar-refractivity contribution is 0.670. The van der Waals surface area contributed by atoms with Crippen molar-refractivity contribution < 1.29 is 0 Å². The third-order valence-corrected chi connectivity index (χ3v) is 7.42. The smallest absolute Gasteiger partial charge is 0.115 e. The van der Waals surface area contributed by atoms with E-state index in [2.05, 4.69) is 0 Å². The Morgan fingerprint density at radius 1 is 0.941 bits per heavy atom. The molecule has 0 spiro atoms. The Bertz CT molecular complexity index is 539. The maximum Gasteiger partial charge on any atom is 0.161 e. The Kier molecular flexibility index (Phi) is 2.86. The number of hydrogen-bond donors (Lipinski definition) is 0. The first-order valence-electron chi connectivity index (χ1n) is 4.64. The van der Waals surface area contributed by atoms with Crippen LogP contribution >= 0.6 is 81.2 Å². The van der Waals surface area contributed by atoms with E-state index in [1.54, 1.807) is 0 Å². The summed E-state index contributed by atoms with van der Waals surface area (Å²) in [6.45, 7) is 0. The van der Waals surface area contributed by atoms with E-state index in [1.165, 1.54) is 0 Å². The van der Waals surface area contributed by atoms with Gasteiger partial charge in [0.15, 0.2) is 4.33 Å². The lowest BCUT2D eigenvalue weighted by Crippen LogP contribution is -2.44. The minimum atomic E-state index is -1.32. The molecule has 0 N–H and O–H groups in total. The lowest BCUT2D eigenvalue weighted by atomic mass is 9.93. The van der Waals surface area contributed by atoms with Crippen molar-refractivity contribution in [2.24, 2.45) is 0 Å². The molecule has 0 aliphatic heterocycles. The van der Waals surface area contributed by atoms with Crippen LogP contribution in [0.2, 0.25) is 0 Å². The normalized spacial score (nSPS) is 38.6. The molecule has 2 atom stereocenters. The van der Waals surface area contributed by atoms with Gasteiger partial charge in [0.25, 0.3) is 0 Å². The number of allylic oxidation sites excluding steroid dienone is 6. The maximum atomic E-state index is 6.53. The molecule has 0 nitrogen and oxygen atoms in total. The molecular weight excluding hydrogens is 368 g/mol. The van der Waals surface area contributed by atoms with Crippen molar-refractivity contribution in [1.29, 1.82) is 0 Å². The van der Waals surface area contributed by atoms with Crippen LogP contribution in [-0.4, -0.2) is 14.6 Å². The van der Waals surface area contributed by atoms with Crippen LogP contribution in [0.4, 0.5) is 0 Å². The van der Waals surface area contributed by atoms with E-state index in [0.29, 0.717) is 27.6 Å². The second-order valence-corrected chi connectivity index (χ2v) is 7.78. The zero-order chi connectivity index (χ0) is 12.7. The molecule has 3 rings (SSSR count). The van der Waals surface area contributed by atoms with E-state index >= 15 is 0 Å². The van der Waals surface area contributed by atoms with Crippen molar-refractivity contribution in [3.63, 3.8) is 0 Å². The van der Waals surface area contributed by atoms with Gasteiger partial charge in [-0.2, -0.15) is 0 Å². The van der Waals surface area contributed by atoms with Crippen LogP contribution < -0.4 is 0 Å². The molecule has 0 radical (unpaired) electrons. The molecule has 92 valence electrons. The summed E-state index contributed by atoms with van der Waals surface area (Å²) in [6.07, 6.45) is 0.441. The minimum absolute atomic E-state index is 0.274. The van der Waals surface area contributed by atoms with E-state index in [0.717, 1.165) is 5.57 Å². The summed E-state index contributed by atoms with van der Waals surface area (Å²) >= 11 is 43.6. The van der Waals surface area contributed by atoms with Crippen molar-refractivity contribution in [1.82, 2.24) is 0 Å². The molecule has 1 saturated carbocycles. The predicted octanol–water partition coefficient (Wildman–Crippen LogP) is 5.65. The van der Waals surface area contributed by atoms with Gasteiger partial charge in [-0.25, -0.2) is 0 Å². The minimum Gasteiger partial charge on any atom is -0.115 e. The Balaban J connectivity index is 2.36. The molecule has 0 heterocycles. The van der Waals surface area contributed by atoms with Crippen LogP contribution in [0.1, 0.15) is 6.42 Å².